The quantitative estimate of drug-likeness (QED) is 0.585. The Morgan fingerprint density at radius 3 is 2.48 bits per heavy atom. The number of fused-ring (bicyclic) bond motifs is 1. The van der Waals surface area contributed by atoms with Gasteiger partial charge in [0.15, 0.2) is 0 Å². The highest BCUT2D eigenvalue weighted by molar-refractivity contribution is 7.18. The number of nitrogens with zero attached hydrogens (tertiary/aromatic N) is 3. The molecule has 3 aromatic rings. The van der Waals surface area contributed by atoms with E-state index in [2.05, 4.69) is 5.32 Å². The van der Waals surface area contributed by atoms with Crippen molar-refractivity contribution in [2.24, 2.45) is 0 Å². The molecule has 1 fully saturated rings. The van der Waals surface area contributed by atoms with Gasteiger partial charge in [0.25, 0.3) is 5.91 Å². The molecule has 0 spiro atoms. The predicted octanol–water partition coefficient (Wildman–Crippen LogP) is 3.84. The molecule has 5 rings (SSSR count). The number of imidazole rings is 1. The minimum atomic E-state index is -0.494. The van der Waals surface area contributed by atoms with Crippen LogP contribution in [0.1, 0.15) is 53.5 Å². The van der Waals surface area contributed by atoms with Crippen LogP contribution in [0, 0.1) is 0 Å². The van der Waals surface area contributed by atoms with Gasteiger partial charge in [-0.05, 0) is 62.1 Å². The Balaban J connectivity index is 1.45. The molecule has 33 heavy (non-hydrogen) atoms. The predicted molar refractivity (Wildman–Crippen MR) is 127 cm³/mol. The molecule has 1 saturated heterocycles. The monoisotopic (exact) mass is 486 g/mol. The molecule has 0 unspecified atom stereocenters. The van der Waals surface area contributed by atoms with E-state index in [9.17, 15) is 19.5 Å². The van der Waals surface area contributed by atoms with Crippen LogP contribution in [0.3, 0.4) is 0 Å². The number of anilines is 1. The van der Waals surface area contributed by atoms with Crippen LogP contribution in [0.2, 0.25) is 4.34 Å². The van der Waals surface area contributed by atoms with Gasteiger partial charge in [0, 0.05) is 25.2 Å². The van der Waals surface area contributed by atoms with Gasteiger partial charge in [0.05, 0.1) is 20.9 Å². The number of amides is 2. The number of hydrogen-bond acceptors (Lipinski definition) is 5. The Labute approximate surface area is 199 Å². The van der Waals surface area contributed by atoms with Crippen LogP contribution in [-0.4, -0.2) is 32.6 Å². The molecule has 2 aliphatic rings. The highest BCUT2D eigenvalue weighted by Crippen LogP contribution is 2.34. The summed E-state index contributed by atoms with van der Waals surface area (Å²) >= 11 is 7.12. The van der Waals surface area contributed by atoms with Crippen LogP contribution < -0.4 is 15.9 Å². The minimum Gasteiger partial charge on any atom is -0.493 e. The Hall–Kier alpha value is -3.04. The van der Waals surface area contributed by atoms with E-state index < -0.39 is 6.04 Å². The number of rotatable bonds is 4. The first kappa shape index (κ1) is 21.8. The normalized spacial score (nSPS) is 18.3. The maximum absolute atomic E-state index is 13.2. The molecular weight excluding hydrogens is 464 g/mol. The lowest BCUT2D eigenvalue weighted by Crippen LogP contribution is -2.35. The number of piperidine rings is 1. The number of halogens is 1. The lowest BCUT2D eigenvalue weighted by Gasteiger charge is -2.26. The number of aromatic hydroxyl groups is 1. The van der Waals surface area contributed by atoms with Gasteiger partial charge < -0.3 is 15.3 Å². The second kappa shape index (κ2) is 8.72. The van der Waals surface area contributed by atoms with Crippen molar-refractivity contribution in [1.82, 2.24) is 14.5 Å². The van der Waals surface area contributed by atoms with Crippen LogP contribution in [0.5, 0.6) is 5.88 Å². The Kier molecular flexibility index (Phi) is 5.76. The molecular formula is C23H23ClN4O4S. The first-order valence-corrected chi connectivity index (χ1v) is 12.1. The van der Waals surface area contributed by atoms with Crippen molar-refractivity contribution in [3.8, 4) is 11.6 Å². The molecule has 2 N–H and O–H groups in total. The summed E-state index contributed by atoms with van der Waals surface area (Å²) in [6.45, 7) is 1.15. The zero-order chi connectivity index (χ0) is 23.1. The lowest BCUT2D eigenvalue weighted by atomic mass is 10.0. The Morgan fingerprint density at radius 2 is 1.79 bits per heavy atom. The highest BCUT2D eigenvalue weighted by Gasteiger charge is 2.31. The second-order valence-electron chi connectivity index (χ2n) is 8.27. The molecule has 0 saturated carbocycles. The van der Waals surface area contributed by atoms with Crippen molar-refractivity contribution < 1.29 is 14.7 Å². The van der Waals surface area contributed by atoms with Crippen LogP contribution in [0.4, 0.5) is 5.69 Å². The summed E-state index contributed by atoms with van der Waals surface area (Å²) < 4.78 is 3.29. The maximum Gasteiger partial charge on any atom is 0.335 e. The standard InChI is InChI=1S/C23H23ClN4O4S/c24-18-11-10-17(33-18)21(30)25-16-4-3-13-27-20(16)22(31)28(23(27)32)15-8-6-14(7-9-15)26-12-2-1-5-19(26)29/h6-11,16,31H,1-5,12-13H2,(H,25,30)/t16-/m1/s1. The Bertz CT molecular complexity index is 1280. The van der Waals surface area contributed by atoms with E-state index in [0.717, 1.165) is 18.5 Å². The van der Waals surface area contributed by atoms with Gasteiger partial charge in [-0.2, -0.15) is 0 Å². The molecule has 2 aromatic heterocycles. The van der Waals surface area contributed by atoms with Crippen LogP contribution in [-0.2, 0) is 11.3 Å². The molecule has 0 radical (unpaired) electrons. The summed E-state index contributed by atoms with van der Waals surface area (Å²) in [5.41, 5.74) is 1.32. The van der Waals surface area contributed by atoms with E-state index in [-0.39, 0.29) is 23.4 Å². The first-order chi connectivity index (χ1) is 15.9. The summed E-state index contributed by atoms with van der Waals surface area (Å²) in [5.74, 6) is -0.379. The minimum absolute atomic E-state index is 0.0963. The summed E-state index contributed by atoms with van der Waals surface area (Å²) in [5, 5.41) is 14.0. The fourth-order valence-electron chi connectivity index (χ4n) is 4.60. The topological polar surface area (TPSA) is 96.6 Å². The third-order valence-electron chi connectivity index (χ3n) is 6.20. The van der Waals surface area contributed by atoms with E-state index in [0.29, 0.717) is 52.9 Å². The number of nitrogens with one attached hydrogen (secondary N) is 1. The third-order valence-corrected chi connectivity index (χ3v) is 7.43. The molecule has 0 aliphatic carbocycles. The van der Waals surface area contributed by atoms with Crippen molar-refractivity contribution in [2.75, 3.05) is 11.4 Å². The molecule has 0 bridgehead atoms. The SMILES string of the molecule is O=C(N[C@@H]1CCCn2c1c(O)n(-c1ccc(N3CCCCC3=O)cc1)c2=O)c1ccc(Cl)s1. The van der Waals surface area contributed by atoms with Gasteiger partial charge in [0.2, 0.25) is 11.8 Å². The number of hydrogen-bond donors (Lipinski definition) is 2. The molecule has 1 aromatic carbocycles. The van der Waals surface area contributed by atoms with Gasteiger partial charge >= 0.3 is 5.69 Å². The van der Waals surface area contributed by atoms with E-state index in [4.69, 9.17) is 11.6 Å². The van der Waals surface area contributed by atoms with E-state index in [1.807, 2.05) is 0 Å². The average Bonchev–Trinajstić information content (AvgIpc) is 3.36. The molecule has 4 heterocycles. The van der Waals surface area contributed by atoms with Crippen LogP contribution >= 0.6 is 22.9 Å². The number of aromatic nitrogens is 2. The molecule has 10 heteroatoms. The van der Waals surface area contributed by atoms with Crippen LogP contribution in [0.15, 0.2) is 41.2 Å². The zero-order valence-electron chi connectivity index (χ0n) is 17.8. The number of benzene rings is 1. The fourth-order valence-corrected chi connectivity index (χ4v) is 5.55. The summed E-state index contributed by atoms with van der Waals surface area (Å²) in [6, 6.07) is 9.86. The van der Waals surface area contributed by atoms with Gasteiger partial charge in [-0.3, -0.25) is 14.2 Å². The average molecular weight is 487 g/mol. The first-order valence-electron chi connectivity index (χ1n) is 11.0. The van der Waals surface area contributed by atoms with Crippen molar-refractivity contribution in [2.45, 2.75) is 44.7 Å². The van der Waals surface area contributed by atoms with Crippen molar-refractivity contribution in [1.29, 1.82) is 0 Å². The summed E-state index contributed by atoms with van der Waals surface area (Å²) in [6.07, 6.45) is 3.72. The molecule has 172 valence electrons. The number of carbonyl (C=O) groups excluding carboxylic acids is 2. The third kappa shape index (κ3) is 3.95. The highest BCUT2D eigenvalue weighted by atomic mass is 35.5. The van der Waals surface area contributed by atoms with Crippen molar-refractivity contribution >= 4 is 40.4 Å². The van der Waals surface area contributed by atoms with Crippen molar-refractivity contribution in [3.63, 3.8) is 0 Å². The lowest BCUT2D eigenvalue weighted by molar-refractivity contribution is -0.119. The zero-order valence-corrected chi connectivity index (χ0v) is 19.4. The van der Waals surface area contributed by atoms with Gasteiger partial charge in [0.1, 0.15) is 5.69 Å². The van der Waals surface area contributed by atoms with Crippen LogP contribution in [0.25, 0.3) is 5.69 Å². The van der Waals surface area contributed by atoms with Gasteiger partial charge in [-0.25, -0.2) is 9.36 Å². The van der Waals surface area contributed by atoms with Gasteiger partial charge in [-0.15, -0.1) is 11.3 Å². The number of thiophene rings is 1. The van der Waals surface area contributed by atoms with E-state index >= 15 is 0 Å². The molecule has 2 aliphatic heterocycles. The van der Waals surface area contributed by atoms with Gasteiger partial charge in [-0.1, -0.05) is 11.6 Å². The number of carbonyl (C=O) groups is 2. The van der Waals surface area contributed by atoms with E-state index in [1.54, 1.807) is 41.3 Å². The Morgan fingerprint density at radius 1 is 1.03 bits per heavy atom. The molecule has 1 atom stereocenters. The fraction of sp³-hybridized carbons (Fsp3) is 0.348. The summed E-state index contributed by atoms with van der Waals surface area (Å²) in [7, 11) is 0. The summed E-state index contributed by atoms with van der Waals surface area (Å²) in [4.78, 5) is 40.2. The molecule has 2 amide bonds. The molecule has 8 nitrogen and oxygen atoms in total. The van der Waals surface area contributed by atoms with Crippen molar-refractivity contribution in [3.05, 3.63) is 61.8 Å². The smallest absolute Gasteiger partial charge is 0.335 e. The van der Waals surface area contributed by atoms with E-state index in [1.165, 1.54) is 20.5 Å². The maximum atomic E-state index is 13.2. The second-order valence-corrected chi connectivity index (χ2v) is 9.98. The largest absolute Gasteiger partial charge is 0.493 e.